The van der Waals surface area contributed by atoms with Crippen LogP contribution in [0.4, 0.5) is 5.69 Å². The molecule has 0 aromatic heterocycles. The molecule has 0 aliphatic rings. The number of carbonyl (C=O) groups is 1. The van der Waals surface area contributed by atoms with Gasteiger partial charge in [0.25, 0.3) is 0 Å². The van der Waals surface area contributed by atoms with Crippen molar-refractivity contribution in [3.05, 3.63) is 23.3 Å². The number of anilines is 1. The quantitative estimate of drug-likeness (QED) is 0.627. The predicted octanol–water partition coefficient (Wildman–Crippen LogP) is 1.12. The van der Waals surface area contributed by atoms with Crippen LogP contribution in [0.2, 0.25) is 0 Å². The normalized spacial score (nSPS) is 13.0. The minimum Gasteiger partial charge on any atom is -0.465 e. The van der Waals surface area contributed by atoms with Crippen LogP contribution in [-0.4, -0.2) is 27.0 Å². The average Bonchev–Trinajstić information content (AvgIpc) is 2.33. The van der Waals surface area contributed by atoms with Gasteiger partial charge in [0.05, 0.1) is 12.3 Å². The summed E-state index contributed by atoms with van der Waals surface area (Å²) >= 11 is 0. The Morgan fingerprint density at radius 1 is 1.35 bits per heavy atom. The third kappa shape index (κ3) is 3.71. The molecule has 0 spiro atoms. The lowest BCUT2D eigenvalue weighted by molar-refractivity contribution is -0.144. The van der Waals surface area contributed by atoms with E-state index in [2.05, 4.69) is 4.72 Å². The summed E-state index contributed by atoms with van der Waals surface area (Å²) in [7, 11) is -3.87. The Bertz CT molecular complexity index is 611. The molecule has 7 heteroatoms. The zero-order valence-corrected chi connectivity index (χ0v) is 12.9. The lowest BCUT2D eigenvalue weighted by atomic mass is 10.1. The summed E-state index contributed by atoms with van der Waals surface area (Å²) in [6.45, 7) is 6.91. The van der Waals surface area contributed by atoms with Crippen molar-refractivity contribution in [1.29, 1.82) is 0 Å². The first-order valence-corrected chi connectivity index (χ1v) is 7.73. The first-order valence-electron chi connectivity index (χ1n) is 6.24. The van der Waals surface area contributed by atoms with Gasteiger partial charge in [0, 0.05) is 0 Å². The number of esters is 1. The van der Waals surface area contributed by atoms with Gasteiger partial charge in [0.2, 0.25) is 10.0 Å². The van der Waals surface area contributed by atoms with Crippen molar-refractivity contribution in [2.75, 3.05) is 12.3 Å². The molecular weight excluding hydrogens is 280 g/mol. The Balaban J connectivity index is 3.06. The number of rotatable bonds is 5. The maximum atomic E-state index is 12.2. The molecule has 1 rings (SSSR count). The molecule has 0 radical (unpaired) electrons. The predicted molar refractivity (Wildman–Crippen MR) is 76.7 cm³/mol. The molecule has 3 N–H and O–H groups in total. The van der Waals surface area contributed by atoms with Crippen LogP contribution < -0.4 is 10.5 Å². The van der Waals surface area contributed by atoms with Gasteiger partial charge in [-0.1, -0.05) is 0 Å². The van der Waals surface area contributed by atoms with E-state index in [4.69, 9.17) is 10.5 Å². The van der Waals surface area contributed by atoms with Gasteiger partial charge in [-0.3, -0.25) is 4.79 Å². The fraction of sp³-hybridized carbons (Fsp3) is 0.462. The second-order valence-electron chi connectivity index (χ2n) is 4.57. The van der Waals surface area contributed by atoms with E-state index in [0.717, 1.165) is 11.1 Å². The van der Waals surface area contributed by atoms with E-state index in [-0.39, 0.29) is 17.2 Å². The summed E-state index contributed by atoms with van der Waals surface area (Å²) in [6.07, 6.45) is 0. The molecule has 0 amide bonds. The highest BCUT2D eigenvalue weighted by Crippen LogP contribution is 2.22. The molecule has 112 valence electrons. The van der Waals surface area contributed by atoms with Crippen molar-refractivity contribution in [3.63, 3.8) is 0 Å². The van der Waals surface area contributed by atoms with Crippen molar-refractivity contribution >= 4 is 21.7 Å². The fourth-order valence-electron chi connectivity index (χ4n) is 1.66. The largest absolute Gasteiger partial charge is 0.465 e. The molecule has 0 saturated heterocycles. The molecular formula is C13H20N2O4S. The number of nitrogen functional groups attached to an aromatic ring is 1. The standard InChI is InChI=1S/C13H20N2O4S/c1-5-19-13(16)10(4)15-20(17,18)12-7-9(3)8(2)6-11(12)14/h6-7,10,15H,5,14H2,1-4H3. The van der Waals surface area contributed by atoms with E-state index in [1.54, 1.807) is 19.9 Å². The van der Waals surface area contributed by atoms with E-state index < -0.39 is 22.0 Å². The number of aryl methyl sites for hydroxylation is 2. The van der Waals surface area contributed by atoms with Gasteiger partial charge < -0.3 is 10.5 Å². The van der Waals surface area contributed by atoms with Crippen LogP contribution in [0.25, 0.3) is 0 Å². The zero-order valence-electron chi connectivity index (χ0n) is 12.1. The summed E-state index contributed by atoms with van der Waals surface area (Å²) < 4.78 is 31.5. The van der Waals surface area contributed by atoms with Gasteiger partial charge in [-0.15, -0.1) is 0 Å². The molecule has 0 aliphatic heterocycles. The molecule has 20 heavy (non-hydrogen) atoms. The number of ether oxygens (including phenoxy) is 1. The molecule has 0 heterocycles. The average molecular weight is 300 g/mol. The Morgan fingerprint density at radius 3 is 2.45 bits per heavy atom. The van der Waals surface area contributed by atoms with E-state index in [9.17, 15) is 13.2 Å². The summed E-state index contributed by atoms with van der Waals surface area (Å²) in [6, 6.07) is 2.12. The number of nitrogens with two attached hydrogens (primary N) is 1. The van der Waals surface area contributed by atoms with E-state index in [1.165, 1.54) is 13.0 Å². The van der Waals surface area contributed by atoms with E-state index >= 15 is 0 Å². The van der Waals surface area contributed by atoms with Crippen molar-refractivity contribution in [3.8, 4) is 0 Å². The fourth-order valence-corrected chi connectivity index (χ4v) is 3.05. The van der Waals surface area contributed by atoms with Gasteiger partial charge >= 0.3 is 5.97 Å². The van der Waals surface area contributed by atoms with Gasteiger partial charge in [-0.05, 0) is 51.0 Å². The van der Waals surface area contributed by atoms with Crippen LogP contribution in [0, 0.1) is 13.8 Å². The summed E-state index contributed by atoms with van der Waals surface area (Å²) in [5.74, 6) is -0.626. The number of nitrogens with one attached hydrogen (secondary N) is 1. The highest BCUT2D eigenvalue weighted by atomic mass is 32.2. The highest BCUT2D eigenvalue weighted by molar-refractivity contribution is 7.89. The van der Waals surface area contributed by atoms with Gasteiger partial charge in [0.15, 0.2) is 0 Å². The van der Waals surface area contributed by atoms with Crippen LogP contribution in [0.5, 0.6) is 0 Å². The molecule has 1 aromatic carbocycles. The van der Waals surface area contributed by atoms with Gasteiger partial charge in [-0.25, -0.2) is 8.42 Å². The van der Waals surface area contributed by atoms with Crippen molar-refractivity contribution in [2.24, 2.45) is 0 Å². The SMILES string of the molecule is CCOC(=O)C(C)NS(=O)(=O)c1cc(C)c(C)cc1N. The van der Waals surface area contributed by atoms with Gasteiger partial charge in [-0.2, -0.15) is 4.72 Å². The van der Waals surface area contributed by atoms with Crippen LogP contribution in [0.15, 0.2) is 17.0 Å². The maximum absolute atomic E-state index is 12.2. The molecule has 0 fully saturated rings. The number of hydrogen-bond acceptors (Lipinski definition) is 5. The molecule has 1 unspecified atom stereocenters. The smallest absolute Gasteiger partial charge is 0.323 e. The monoisotopic (exact) mass is 300 g/mol. The van der Waals surface area contributed by atoms with Crippen molar-refractivity contribution in [1.82, 2.24) is 4.72 Å². The second kappa shape index (κ2) is 6.23. The third-order valence-corrected chi connectivity index (χ3v) is 4.48. The first-order chi connectivity index (χ1) is 9.19. The number of benzene rings is 1. The van der Waals surface area contributed by atoms with Crippen molar-refractivity contribution < 1.29 is 17.9 Å². The Hall–Kier alpha value is -1.60. The maximum Gasteiger partial charge on any atom is 0.323 e. The summed E-state index contributed by atoms with van der Waals surface area (Å²) in [4.78, 5) is 11.4. The van der Waals surface area contributed by atoms with E-state index in [0.29, 0.717) is 0 Å². The lowest BCUT2D eigenvalue weighted by Crippen LogP contribution is -2.39. The Labute approximate surface area is 119 Å². The minimum absolute atomic E-state index is 0.0308. The van der Waals surface area contributed by atoms with Crippen LogP contribution >= 0.6 is 0 Å². The van der Waals surface area contributed by atoms with Crippen LogP contribution in [0.1, 0.15) is 25.0 Å². The number of hydrogen-bond donors (Lipinski definition) is 2. The molecule has 1 aromatic rings. The first kappa shape index (κ1) is 16.5. The number of sulfonamides is 1. The van der Waals surface area contributed by atoms with E-state index in [1.807, 2.05) is 6.92 Å². The van der Waals surface area contributed by atoms with Gasteiger partial charge in [0.1, 0.15) is 10.9 Å². The second-order valence-corrected chi connectivity index (χ2v) is 6.25. The minimum atomic E-state index is -3.87. The molecule has 0 saturated carbocycles. The Kier molecular flexibility index (Phi) is 5.13. The molecule has 0 bridgehead atoms. The molecule has 1 atom stereocenters. The molecule has 0 aliphatic carbocycles. The van der Waals surface area contributed by atoms with Crippen molar-refractivity contribution in [2.45, 2.75) is 38.6 Å². The zero-order chi connectivity index (χ0) is 15.5. The lowest BCUT2D eigenvalue weighted by Gasteiger charge is -2.15. The topological polar surface area (TPSA) is 98.5 Å². The summed E-state index contributed by atoms with van der Waals surface area (Å²) in [5.41, 5.74) is 7.61. The number of carbonyl (C=O) groups excluding carboxylic acids is 1. The van der Waals surface area contributed by atoms with Crippen LogP contribution in [0.3, 0.4) is 0 Å². The highest BCUT2D eigenvalue weighted by Gasteiger charge is 2.25. The third-order valence-electron chi connectivity index (χ3n) is 2.89. The molecule has 6 nitrogen and oxygen atoms in total. The Morgan fingerprint density at radius 2 is 1.90 bits per heavy atom. The summed E-state index contributed by atoms with van der Waals surface area (Å²) in [5, 5.41) is 0. The van der Waals surface area contributed by atoms with Crippen LogP contribution in [-0.2, 0) is 19.6 Å².